The van der Waals surface area contributed by atoms with Gasteiger partial charge in [0.25, 0.3) is 10.0 Å². The molecule has 0 radical (unpaired) electrons. The molecule has 0 fully saturated rings. The number of hydrogen-bond acceptors (Lipinski definition) is 4. The van der Waals surface area contributed by atoms with Crippen molar-refractivity contribution in [3.63, 3.8) is 0 Å². The molecule has 0 spiro atoms. The van der Waals surface area contributed by atoms with E-state index in [0.29, 0.717) is 27.4 Å². The quantitative estimate of drug-likeness (QED) is 0.151. The maximum Gasteiger partial charge on any atom is 0.417 e. The van der Waals surface area contributed by atoms with Crippen LogP contribution in [0.3, 0.4) is 0 Å². The summed E-state index contributed by atoms with van der Waals surface area (Å²) in [6.45, 7) is 4.31. The number of hydrogen-bond donors (Lipinski definition) is 1. The zero-order chi connectivity index (χ0) is 35.9. The molecule has 0 saturated carbocycles. The first-order valence-electron chi connectivity index (χ1n) is 15.4. The summed E-state index contributed by atoms with van der Waals surface area (Å²) >= 11 is 12.4. The number of benzene rings is 4. The number of sulfonamides is 1. The molecule has 49 heavy (non-hydrogen) atoms. The molecule has 2 atom stereocenters. The number of amides is 2. The fourth-order valence-electron chi connectivity index (χ4n) is 5.06. The molecular formula is C36H36Cl2F3N3O4S. The smallest absolute Gasteiger partial charge is 0.352 e. The first kappa shape index (κ1) is 37.8. The number of carbonyl (C=O) groups excluding carboxylic acids is 2. The van der Waals surface area contributed by atoms with Crippen LogP contribution in [-0.2, 0) is 38.8 Å². The Morgan fingerprint density at radius 2 is 1.51 bits per heavy atom. The Balaban J connectivity index is 1.88. The minimum Gasteiger partial charge on any atom is -0.352 e. The third-order valence-corrected chi connectivity index (χ3v) is 10.5. The molecule has 2 amide bonds. The second kappa shape index (κ2) is 16.1. The van der Waals surface area contributed by atoms with Crippen molar-refractivity contribution in [1.29, 1.82) is 0 Å². The highest BCUT2D eigenvalue weighted by Gasteiger charge is 2.38. The third kappa shape index (κ3) is 9.55. The number of nitrogens with one attached hydrogen (secondary N) is 1. The van der Waals surface area contributed by atoms with E-state index >= 15 is 0 Å². The van der Waals surface area contributed by atoms with E-state index in [2.05, 4.69) is 5.32 Å². The van der Waals surface area contributed by atoms with Crippen molar-refractivity contribution in [2.75, 3.05) is 10.8 Å². The summed E-state index contributed by atoms with van der Waals surface area (Å²) in [4.78, 5) is 29.5. The van der Waals surface area contributed by atoms with Gasteiger partial charge in [0.05, 0.1) is 21.2 Å². The Bertz CT molecular complexity index is 1870. The molecule has 260 valence electrons. The molecule has 0 unspecified atom stereocenters. The second-order valence-electron chi connectivity index (χ2n) is 11.6. The van der Waals surface area contributed by atoms with Crippen LogP contribution in [-0.4, -0.2) is 43.8 Å². The minimum atomic E-state index is -4.92. The van der Waals surface area contributed by atoms with Crippen molar-refractivity contribution in [3.05, 3.63) is 129 Å². The lowest BCUT2D eigenvalue weighted by atomic mass is 10.0. The molecular weight excluding hydrogens is 698 g/mol. The summed E-state index contributed by atoms with van der Waals surface area (Å²) in [7, 11) is -4.63. The maximum atomic E-state index is 14.6. The Kier molecular flexibility index (Phi) is 12.4. The van der Waals surface area contributed by atoms with E-state index in [4.69, 9.17) is 23.2 Å². The highest BCUT2D eigenvalue weighted by molar-refractivity contribution is 7.92. The standard InChI is InChI=1S/C36H36Cl2F3N3O4S/c1-4-25(3)42-35(46)33(20-26-10-6-5-7-11-26)43(22-27-12-8-9-13-31(27)37)34(45)23-44(49(47,48)29-17-14-24(2)15-18-29)28-16-19-32(38)30(21-28)36(39,40)41/h5-19,21,25,33H,4,20,22-23H2,1-3H3,(H,42,46)/t25-,33+/m1/s1. The SMILES string of the molecule is CC[C@@H](C)NC(=O)[C@H](Cc1ccccc1)N(Cc1ccccc1Cl)C(=O)CN(c1ccc(Cl)c(C(F)(F)F)c1)S(=O)(=O)c1ccc(C)cc1. The summed E-state index contributed by atoms with van der Waals surface area (Å²) in [6, 6.07) is 22.6. The van der Waals surface area contributed by atoms with Crippen molar-refractivity contribution in [3.8, 4) is 0 Å². The van der Waals surface area contributed by atoms with Gasteiger partial charge in [0.15, 0.2) is 0 Å². The lowest BCUT2D eigenvalue weighted by Gasteiger charge is -2.34. The fourth-order valence-corrected chi connectivity index (χ4v) is 6.88. The van der Waals surface area contributed by atoms with Crippen LogP contribution < -0.4 is 9.62 Å². The van der Waals surface area contributed by atoms with Gasteiger partial charge in [-0.3, -0.25) is 13.9 Å². The van der Waals surface area contributed by atoms with Gasteiger partial charge >= 0.3 is 6.18 Å². The van der Waals surface area contributed by atoms with Gasteiger partial charge in [-0.1, -0.05) is 96.4 Å². The Morgan fingerprint density at radius 1 is 0.878 bits per heavy atom. The molecule has 0 aliphatic carbocycles. The van der Waals surface area contributed by atoms with Crippen molar-refractivity contribution in [2.24, 2.45) is 0 Å². The van der Waals surface area contributed by atoms with Crippen LogP contribution in [0, 0.1) is 6.92 Å². The van der Waals surface area contributed by atoms with Gasteiger partial charge in [-0.25, -0.2) is 8.42 Å². The normalized spacial score (nSPS) is 13.0. The summed E-state index contributed by atoms with van der Waals surface area (Å²) in [5.41, 5.74) is 0.235. The van der Waals surface area contributed by atoms with Crippen molar-refractivity contribution in [2.45, 2.75) is 63.3 Å². The predicted octanol–water partition coefficient (Wildman–Crippen LogP) is 8.07. The van der Waals surface area contributed by atoms with Crippen LogP contribution in [0.2, 0.25) is 10.0 Å². The number of rotatable bonds is 13. The largest absolute Gasteiger partial charge is 0.417 e. The summed E-state index contributed by atoms with van der Waals surface area (Å²) in [6.07, 6.45) is -4.26. The van der Waals surface area contributed by atoms with E-state index < -0.39 is 56.9 Å². The lowest BCUT2D eigenvalue weighted by Crippen LogP contribution is -2.54. The van der Waals surface area contributed by atoms with Gasteiger partial charge in [0.2, 0.25) is 11.8 Å². The molecule has 4 rings (SSSR count). The van der Waals surface area contributed by atoms with E-state index in [0.717, 1.165) is 23.3 Å². The zero-order valence-corrected chi connectivity index (χ0v) is 29.4. The van der Waals surface area contributed by atoms with E-state index in [1.807, 2.05) is 13.8 Å². The molecule has 4 aromatic carbocycles. The molecule has 0 aromatic heterocycles. The monoisotopic (exact) mass is 733 g/mol. The van der Waals surface area contributed by atoms with Gasteiger partial charge in [-0.15, -0.1) is 0 Å². The average Bonchev–Trinajstić information content (AvgIpc) is 3.06. The van der Waals surface area contributed by atoms with Gasteiger partial charge in [0.1, 0.15) is 12.6 Å². The van der Waals surface area contributed by atoms with E-state index in [9.17, 15) is 31.2 Å². The number of aryl methyl sites for hydroxylation is 1. The van der Waals surface area contributed by atoms with E-state index in [1.165, 1.54) is 29.2 Å². The van der Waals surface area contributed by atoms with Gasteiger partial charge in [-0.05, 0) is 67.8 Å². The lowest BCUT2D eigenvalue weighted by molar-refractivity contribution is -0.140. The molecule has 13 heteroatoms. The van der Waals surface area contributed by atoms with Crippen molar-refractivity contribution >= 4 is 50.7 Å². The zero-order valence-electron chi connectivity index (χ0n) is 27.0. The third-order valence-electron chi connectivity index (χ3n) is 8.00. The number of anilines is 1. The maximum absolute atomic E-state index is 14.6. The average molecular weight is 735 g/mol. The van der Waals surface area contributed by atoms with Gasteiger partial charge in [0, 0.05) is 24.0 Å². The highest BCUT2D eigenvalue weighted by atomic mass is 35.5. The number of alkyl halides is 3. The summed E-state index contributed by atoms with van der Waals surface area (Å²) in [5.74, 6) is -1.34. The van der Waals surface area contributed by atoms with Crippen LogP contribution >= 0.6 is 23.2 Å². The number of nitrogens with zero attached hydrogens (tertiary/aromatic N) is 2. The predicted molar refractivity (Wildman–Crippen MR) is 186 cm³/mol. The Hall–Kier alpha value is -4.06. The van der Waals surface area contributed by atoms with Crippen LogP contribution in [0.25, 0.3) is 0 Å². The second-order valence-corrected chi connectivity index (χ2v) is 14.3. The summed E-state index contributed by atoms with van der Waals surface area (Å²) < 4.78 is 70.9. The minimum absolute atomic E-state index is 0.0587. The molecule has 0 bridgehead atoms. The van der Waals surface area contributed by atoms with Crippen molar-refractivity contribution < 1.29 is 31.2 Å². The number of carbonyl (C=O) groups is 2. The first-order valence-corrected chi connectivity index (χ1v) is 17.6. The van der Waals surface area contributed by atoms with Crippen LogP contribution in [0.4, 0.5) is 18.9 Å². The molecule has 4 aromatic rings. The molecule has 0 heterocycles. The molecule has 1 N–H and O–H groups in total. The molecule has 0 aliphatic rings. The van der Waals surface area contributed by atoms with Gasteiger partial charge < -0.3 is 10.2 Å². The molecule has 0 saturated heterocycles. The summed E-state index contributed by atoms with van der Waals surface area (Å²) in [5, 5.41) is 2.59. The van der Waals surface area contributed by atoms with Crippen LogP contribution in [0.5, 0.6) is 0 Å². The number of halogens is 5. The van der Waals surface area contributed by atoms with E-state index in [-0.39, 0.29) is 23.9 Å². The highest BCUT2D eigenvalue weighted by Crippen LogP contribution is 2.38. The topological polar surface area (TPSA) is 86.8 Å². The Labute approximate surface area is 294 Å². The first-order chi connectivity index (χ1) is 23.1. The molecule has 0 aliphatic heterocycles. The fraction of sp³-hybridized carbons (Fsp3) is 0.278. The van der Waals surface area contributed by atoms with Crippen molar-refractivity contribution in [1.82, 2.24) is 10.2 Å². The van der Waals surface area contributed by atoms with E-state index in [1.54, 1.807) is 61.5 Å². The Morgan fingerprint density at radius 3 is 2.12 bits per heavy atom. The van der Waals surface area contributed by atoms with Crippen LogP contribution in [0.1, 0.15) is 42.5 Å². The van der Waals surface area contributed by atoms with Gasteiger partial charge in [-0.2, -0.15) is 13.2 Å². The molecule has 7 nitrogen and oxygen atoms in total. The van der Waals surface area contributed by atoms with Crippen LogP contribution in [0.15, 0.2) is 102 Å².